The Kier molecular flexibility index (Phi) is 53.1. The van der Waals surface area contributed by atoms with Crippen LogP contribution in [0.1, 0.15) is 296 Å². The maximum Gasteiger partial charge on any atom is 0.472 e. The molecule has 0 saturated carbocycles. The fraction of sp³-hybridized carbons (Fsp3) is 0.857. The van der Waals surface area contributed by atoms with Gasteiger partial charge in [0, 0.05) is 6.42 Å². The van der Waals surface area contributed by atoms with Gasteiger partial charge < -0.3 is 19.8 Å². The van der Waals surface area contributed by atoms with Gasteiger partial charge in [0.1, 0.15) is 13.2 Å². The van der Waals surface area contributed by atoms with Gasteiger partial charge in [-0.25, -0.2) is 4.57 Å². The van der Waals surface area contributed by atoms with Crippen molar-refractivity contribution in [3.05, 3.63) is 48.6 Å². The van der Waals surface area contributed by atoms with Crippen LogP contribution in [-0.2, 0) is 18.4 Å². The van der Waals surface area contributed by atoms with Crippen LogP contribution in [0.2, 0.25) is 0 Å². The van der Waals surface area contributed by atoms with Crippen molar-refractivity contribution in [3.63, 3.8) is 0 Å². The van der Waals surface area contributed by atoms with Gasteiger partial charge >= 0.3 is 7.82 Å². The van der Waals surface area contributed by atoms with Crippen LogP contribution >= 0.6 is 7.82 Å². The number of likely N-dealkylation sites (N-methyl/N-ethyl adjacent to an activating group) is 1. The van der Waals surface area contributed by atoms with Gasteiger partial charge in [0.15, 0.2) is 0 Å². The third kappa shape index (κ3) is 56.2. The fourth-order valence-electron chi connectivity index (χ4n) is 9.13. The van der Waals surface area contributed by atoms with Crippen LogP contribution < -0.4 is 5.32 Å². The average molecular weight is 1030 g/mol. The molecular formula is C63H122N2O6P+. The summed E-state index contributed by atoms with van der Waals surface area (Å²) < 4.78 is 23.7. The van der Waals surface area contributed by atoms with Crippen LogP contribution in [0.4, 0.5) is 0 Å². The number of hydrogen-bond acceptors (Lipinski definition) is 5. The number of aliphatic hydroxyl groups excluding tert-OH is 1. The zero-order valence-corrected chi connectivity index (χ0v) is 49.3. The van der Waals surface area contributed by atoms with Gasteiger partial charge in [-0.05, 0) is 70.6 Å². The highest BCUT2D eigenvalue weighted by Gasteiger charge is 2.27. The van der Waals surface area contributed by atoms with Gasteiger partial charge in [-0.3, -0.25) is 13.8 Å². The third-order valence-electron chi connectivity index (χ3n) is 14.0. The number of nitrogens with one attached hydrogen (secondary N) is 1. The number of carbonyl (C=O) groups excluding carboxylic acids is 1. The maximum absolute atomic E-state index is 13.0. The first-order chi connectivity index (χ1) is 35.0. The minimum atomic E-state index is -4.36. The first kappa shape index (κ1) is 70.5. The smallest absolute Gasteiger partial charge is 0.387 e. The molecule has 0 saturated heterocycles. The number of aliphatic hydroxyl groups is 1. The summed E-state index contributed by atoms with van der Waals surface area (Å²) in [7, 11) is 1.55. The number of carbonyl (C=O) groups is 1. The first-order valence-corrected chi connectivity index (χ1v) is 32.5. The standard InChI is InChI=1S/C63H121N2O6P/c1-6-8-10-12-14-16-18-20-22-24-26-27-28-29-30-31-32-33-34-35-36-37-38-39-41-43-45-47-49-51-53-55-57-63(67)64-61(60-71-72(68,69)70-59-58-65(3,4)5)62(66)56-54-52-50-48-46-44-42-40-25-23-21-19-17-15-13-11-9-7-2/h25,29-30,40,46,48,54,56,61-62,66H,6-24,26-28,31-39,41-45,47,49-53,55,57-60H2,1-5H3,(H-,64,67,68,69)/p+1/b30-29-,40-25+,48-46+,56-54+. The van der Waals surface area contributed by atoms with E-state index in [0.717, 1.165) is 44.9 Å². The second-order valence-electron chi connectivity index (χ2n) is 22.4. The van der Waals surface area contributed by atoms with E-state index in [0.29, 0.717) is 17.4 Å². The molecular weight excluding hydrogens is 912 g/mol. The topological polar surface area (TPSA) is 105 Å². The number of hydrogen-bond donors (Lipinski definition) is 3. The summed E-state index contributed by atoms with van der Waals surface area (Å²) in [6.45, 7) is 4.81. The van der Waals surface area contributed by atoms with Crippen molar-refractivity contribution in [2.24, 2.45) is 0 Å². The van der Waals surface area contributed by atoms with Crippen molar-refractivity contribution in [1.82, 2.24) is 5.32 Å². The van der Waals surface area contributed by atoms with Crippen LogP contribution in [0, 0.1) is 0 Å². The monoisotopic (exact) mass is 1030 g/mol. The van der Waals surface area contributed by atoms with Gasteiger partial charge in [0.25, 0.3) is 0 Å². The van der Waals surface area contributed by atoms with Gasteiger partial charge in [-0.1, -0.05) is 268 Å². The Hall–Kier alpha value is -1.54. The minimum Gasteiger partial charge on any atom is -0.387 e. The summed E-state index contributed by atoms with van der Waals surface area (Å²) in [5.74, 6) is -0.187. The molecule has 0 aromatic carbocycles. The van der Waals surface area contributed by atoms with Crippen LogP contribution in [0.3, 0.4) is 0 Å². The fourth-order valence-corrected chi connectivity index (χ4v) is 9.87. The number of allylic oxidation sites excluding steroid dienone is 7. The second kappa shape index (κ2) is 54.3. The average Bonchev–Trinajstić information content (AvgIpc) is 3.34. The molecule has 3 unspecified atom stereocenters. The van der Waals surface area contributed by atoms with Gasteiger partial charge in [0.05, 0.1) is 39.9 Å². The number of quaternary nitrogens is 1. The number of unbranched alkanes of at least 4 members (excludes halogenated alkanes) is 38. The predicted molar refractivity (Wildman–Crippen MR) is 314 cm³/mol. The van der Waals surface area contributed by atoms with Crippen LogP contribution in [-0.4, -0.2) is 73.4 Å². The Morgan fingerprint density at radius 1 is 0.458 bits per heavy atom. The molecule has 0 aliphatic rings. The molecule has 0 heterocycles. The van der Waals surface area contributed by atoms with Crippen LogP contribution in [0.25, 0.3) is 0 Å². The molecule has 0 aromatic heterocycles. The molecule has 3 N–H and O–H groups in total. The molecule has 424 valence electrons. The van der Waals surface area contributed by atoms with Crippen molar-refractivity contribution in [3.8, 4) is 0 Å². The van der Waals surface area contributed by atoms with Gasteiger partial charge in [-0.2, -0.15) is 0 Å². The van der Waals surface area contributed by atoms with Crippen LogP contribution in [0.5, 0.6) is 0 Å². The van der Waals surface area contributed by atoms with Gasteiger partial charge in [0.2, 0.25) is 5.91 Å². The van der Waals surface area contributed by atoms with Crippen molar-refractivity contribution in [1.29, 1.82) is 0 Å². The lowest BCUT2D eigenvalue weighted by Gasteiger charge is -2.25. The van der Waals surface area contributed by atoms with Crippen molar-refractivity contribution >= 4 is 13.7 Å². The summed E-state index contributed by atoms with van der Waals surface area (Å²) in [5.41, 5.74) is 0. The molecule has 0 rings (SSSR count). The van der Waals surface area contributed by atoms with Crippen molar-refractivity contribution < 1.29 is 32.9 Å². The Morgan fingerprint density at radius 2 is 0.764 bits per heavy atom. The Bertz CT molecular complexity index is 1310. The molecule has 3 atom stereocenters. The molecule has 0 aliphatic carbocycles. The molecule has 9 heteroatoms. The van der Waals surface area contributed by atoms with Gasteiger partial charge in [-0.15, -0.1) is 0 Å². The van der Waals surface area contributed by atoms with E-state index in [2.05, 4.69) is 55.6 Å². The zero-order chi connectivity index (χ0) is 52.7. The lowest BCUT2D eigenvalue weighted by Crippen LogP contribution is -2.45. The predicted octanol–water partition coefficient (Wildman–Crippen LogP) is 19.1. The number of phosphoric ester groups is 1. The Balaban J connectivity index is 4.10. The summed E-state index contributed by atoms with van der Waals surface area (Å²) in [6.07, 6.45) is 72.4. The highest BCUT2D eigenvalue weighted by molar-refractivity contribution is 7.47. The molecule has 0 aromatic rings. The molecule has 8 nitrogen and oxygen atoms in total. The highest BCUT2D eigenvalue weighted by Crippen LogP contribution is 2.43. The Morgan fingerprint density at radius 3 is 1.11 bits per heavy atom. The van der Waals surface area contributed by atoms with E-state index in [1.165, 1.54) is 231 Å². The van der Waals surface area contributed by atoms with Crippen LogP contribution in [0.15, 0.2) is 48.6 Å². The number of amides is 1. The summed E-state index contributed by atoms with van der Waals surface area (Å²) in [4.78, 5) is 23.3. The molecule has 0 spiro atoms. The van der Waals surface area contributed by atoms with Crippen molar-refractivity contribution in [2.75, 3.05) is 40.9 Å². The second-order valence-corrected chi connectivity index (χ2v) is 23.9. The minimum absolute atomic E-state index is 0.0538. The SMILES string of the molecule is CCCCCCCCCC/C=C/CC/C=C/CC/C=C/C(O)C(COP(=O)(O)OCC[N+](C)(C)C)NC(=O)CCCCCCCCCCCCCCCCCC/C=C\CCCCCCCCCCCCCC. The van der Waals surface area contributed by atoms with E-state index in [1.54, 1.807) is 6.08 Å². The summed E-state index contributed by atoms with van der Waals surface area (Å²) in [5, 5.41) is 13.9. The number of rotatable bonds is 57. The normalized spacial score (nSPS) is 14.2. The van der Waals surface area contributed by atoms with E-state index in [1.807, 2.05) is 27.2 Å². The van der Waals surface area contributed by atoms with E-state index in [-0.39, 0.29) is 19.1 Å². The molecule has 0 fully saturated rings. The largest absolute Gasteiger partial charge is 0.472 e. The quantitative estimate of drug-likeness (QED) is 0.0243. The van der Waals surface area contributed by atoms with E-state index < -0.39 is 20.0 Å². The Labute approximate surface area is 448 Å². The molecule has 1 amide bonds. The highest BCUT2D eigenvalue weighted by atomic mass is 31.2. The summed E-state index contributed by atoms with van der Waals surface area (Å²) >= 11 is 0. The first-order valence-electron chi connectivity index (χ1n) is 31.0. The zero-order valence-electron chi connectivity index (χ0n) is 48.4. The van der Waals surface area contributed by atoms with E-state index >= 15 is 0 Å². The lowest BCUT2D eigenvalue weighted by molar-refractivity contribution is -0.870. The molecule has 0 aliphatic heterocycles. The maximum atomic E-state index is 13.0. The molecule has 0 radical (unpaired) electrons. The van der Waals surface area contributed by atoms with E-state index in [4.69, 9.17) is 9.05 Å². The van der Waals surface area contributed by atoms with E-state index in [9.17, 15) is 19.4 Å². The lowest BCUT2D eigenvalue weighted by atomic mass is 10.0. The molecule has 0 bridgehead atoms. The number of nitrogens with zero attached hydrogens (tertiary/aromatic N) is 1. The number of phosphoric acid groups is 1. The molecule has 72 heavy (non-hydrogen) atoms. The van der Waals surface area contributed by atoms with Crippen molar-refractivity contribution in [2.45, 2.75) is 309 Å². The summed E-state index contributed by atoms with van der Waals surface area (Å²) in [6, 6.07) is -0.870. The third-order valence-corrected chi connectivity index (χ3v) is 15.0.